The van der Waals surface area contributed by atoms with Crippen LogP contribution in [0.3, 0.4) is 0 Å². The third-order valence-electron chi connectivity index (χ3n) is 2.47. The van der Waals surface area contributed by atoms with Gasteiger partial charge in [-0.3, -0.25) is 4.79 Å². The van der Waals surface area contributed by atoms with Crippen molar-refractivity contribution in [2.75, 3.05) is 25.1 Å². The maximum Gasteiger partial charge on any atom is 0.410 e. The minimum absolute atomic E-state index is 0.0547. The molecule has 0 aliphatic carbocycles. The van der Waals surface area contributed by atoms with Crippen LogP contribution in [0.25, 0.3) is 0 Å². The van der Waals surface area contributed by atoms with Crippen molar-refractivity contribution in [2.24, 2.45) is 0 Å². The van der Waals surface area contributed by atoms with Gasteiger partial charge in [0.05, 0.1) is 24.6 Å². The highest BCUT2D eigenvalue weighted by Crippen LogP contribution is 2.16. The van der Waals surface area contributed by atoms with E-state index in [1.165, 1.54) is 0 Å². The van der Waals surface area contributed by atoms with Gasteiger partial charge in [0.2, 0.25) is 0 Å². The van der Waals surface area contributed by atoms with Crippen LogP contribution in [0.15, 0.2) is 0 Å². The molecular formula is C12H20BrNO4. The van der Waals surface area contributed by atoms with E-state index in [9.17, 15) is 9.59 Å². The molecule has 1 fully saturated rings. The topological polar surface area (TPSA) is 55.8 Å². The number of nitrogens with zero attached hydrogens (tertiary/aromatic N) is 1. The third kappa shape index (κ3) is 4.94. The van der Waals surface area contributed by atoms with Gasteiger partial charge in [0.25, 0.3) is 0 Å². The van der Waals surface area contributed by atoms with E-state index >= 15 is 0 Å². The summed E-state index contributed by atoms with van der Waals surface area (Å²) in [5, 5.41) is 0.297. The first kappa shape index (κ1) is 15.4. The summed E-state index contributed by atoms with van der Waals surface area (Å²) in [6.07, 6.45) is -0.0806. The Bertz CT molecular complexity index is 314. The summed E-state index contributed by atoms with van der Waals surface area (Å²) >= 11 is 3.12. The Kier molecular flexibility index (Phi) is 5.59. The highest BCUT2D eigenvalue weighted by atomic mass is 79.9. The number of alkyl halides is 1. The molecule has 0 spiro atoms. The predicted octanol–water partition coefficient (Wildman–Crippen LogP) is 1.98. The third-order valence-corrected chi connectivity index (χ3v) is 3.09. The molecule has 1 unspecified atom stereocenters. The smallest absolute Gasteiger partial charge is 0.410 e. The lowest BCUT2D eigenvalue weighted by Gasteiger charge is -2.36. The maximum atomic E-state index is 12.0. The fourth-order valence-corrected chi connectivity index (χ4v) is 1.93. The Balaban J connectivity index is 2.64. The normalized spacial score (nSPS) is 20.7. The first-order valence-electron chi connectivity index (χ1n) is 5.98. The van der Waals surface area contributed by atoms with Gasteiger partial charge in [0.15, 0.2) is 0 Å². The molecule has 0 aromatic rings. The number of halogens is 1. The van der Waals surface area contributed by atoms with Crippen molar-refractivity contribution in [3.63, 3.8) is 0 Å². The van der Waals surface area contributed by atoms with Crippen LogP contribution in [0.2, 0.25) is 0 Å². The number of hydrogen-bond acceptors (Lipinski definition) is 4. The van der Waals surface area contributed by atoms with Gasteiger partial charge in [-0.25, -0.2) is 4.79 Å². The number of rotatable bonds is 3. The van der Waals surface area contributed by atoms with E-state index in [4.69, 9.17) is 9.47 Å². The van der Waals surface area contributed by atoms with Crippen LogP contribution in [0.4, 0.5) is 4.79 Å². The van der Waals surface area contributed by atoms with E-state index in [0.717, 1.165) is 0 Å². The van der Waals surface area contributed by atoms with E-state index in [0.29, 0.717) is 31.5 Å². The summed E-state index contributed by atoms with van der Waals surface area (Å²) < 4.78 is 10.7. The second kappa shape index (κ2) is 6.52. The second-order valence-electron chi connectivity index (χ2n) is 5.28. The lowest BCUT2D eigenvalue weighted by atomic mass is 10.1. The van der Waals surface area contributed by atoms with Crippen molar-refractivity contribution in [2.45, 2.75) is 38.8 Å². The number of ether oxygens (including phenoxy) is 2. The lowest BCUT2D eigenvalue weighted by molar-refractivity contribution is -0.119. The first-order valence-corrected chi connectivity index (χ1v) is 7.10. The van der Waals surface area contributed by atoms with Crippen molar-refractivity contribution < 1.29 is 19.1 Å². The lowest BCUT2D eigenvalue weighted by Crippen LogP contribution is -2.51. The molecule has 0 aromatic carbocycles. The number of ketones is 1. The van der Waals surface area contributed by atoms with E-state index in [-0.39, 0.29) is 17.9 Å². The van der Waals surface area contributed by atoms with Crippen molar-refractivity contribution in [1.29, 1.82) is 0 Å². The Hall–Kier alpha value is -0.620. The largest absolute Gasteiger partial charge is 0.444 e. The van der Waals surface area contributed by atoms with Crippen LogP contribution in [-0.2, 0) is 14.3 Å². The number of Topliss-reactive ketones (excluding diaryl/α,β-unsaturated/α-hetero) is 1. The van der Waals surface area contributed by atoms with Crippen LogP contribution in [0, 0.1) is 0 Å². The Labute approximate surface area is 116 Å². The van der Waals surface area contributed by atoms with Gasteiger partial charge in [-0.2, -0.15) is 0 Å². The van der Waals surface area contributed by atoms with E-state index in [1.54, 1.807) is 4.90 Å². The molecule has 104 valence electrons. The van der Waals surface area contributed by atoms with Crippen LogP contribution in [0.5, 0.6) is 0 Å². The molecular weight excluding hydrogens is 302 g/mol. The van der Waals surface area contributed by atoms with Crippen molar-refractivity contribution in [1.82, 2.24) is 4.90 Å². The molecule has 1 atom stereocenters. The van der Waals surface area contributed by atoms with Gasteiger partial charge in [-0.05, 0) is 20.8 Å². The van der Waals surface area contributed by atoms with Crippen LogP contribution >= 0.6 is 15.9 Å². The first-order chi connectivity index (χ1) is 8.33. The summed E-state index contributed by atoms with van der Waals surface area (Å²) in [6, 6.07) is -0.223. The fourth-order valence-electron chi connectivity index (χ4n) is 1.70. The zero-order valence-corrected chi connectivity index (χ0v) is 12.7. The van der Waals surface area contributed by atoms with E-state index in [2.05, 4.69) is 15.9 Å². The van der Waals surface area contributed by atoms with Gasteiger partial charge in [0, 0.05) is 13.0 Å². The zero-order valence-electron chi connectivity index (χ0n) is 11.1. The van der Waals surface area contributed by atoms with Crippen LogP contribution in [-0.4, -0.2) is 53.5 Å². The maximum absolute atomic E-state index is 12.0. The summed E-state index contributed by atoms with van der Waals surface area (Å²) in [4.78, 5) is 25.1. The van der Waals surface area contributed by atoms with Gasteiger partial charge in [-0.15, -0.1) is 0 Å². The highest BCUT2D eigenvalue weighted by Gasteiger charge is 2.31. The fraction of sp³-hybridized carbons (Fsp3) is 0.833. The Morgan fingerprint density at radius 2 is 2.11 bits per heavy atom. The molecule has 1 aliphatic rings. The molecule has 0 N–H and O–H groups in total. The molecule has 1 aliphatic heterocycles. The van der Waals surface area contributed by atoms with Crippen molar-refractivity contribution in [3.8, 4) is 0 Å². The van der Waals surface area contributed by atoms with Crippen LogP contribution in [0.1, 0.15) is 27.2 Å². The number of morpholine rings is 1. The van der Waals surface area contributed by atoms with Gasteiger partial charge in [0.1, 0.15) is 11.4 Å². The van der Waals surface area contributed by atoms with Gasteiger partial charge in [-0.1, -0.05) is 15.9 Å². The Morgan fingerprint density at radius 1 is 1.44 bits per heavy atom. The molecule has 1 rings (SSSR count). The molecule has 18 heavy (non-hydrogen) atoms. The van der Waals surface area contributed by atoms with Gasteiger partial charge >= 0.3 is 6.09 Å². The molecule has 1 saturated heterocycles. The standard InChI is InChI=1S/C12H20BrNO4/c1-12(2,3)18-11(16)14-4-5-17-8-9(14)6-10(15)7-13/h9H,4-8H2,1-3H3. The molecule has 1 heterocycles. The molecule has 0 saturated carbocycles. The summed E-state index contributed by atoms with van der Waals surface area (Å²) in [6.45, 7) is 6.81. The number of amides is 1. The monoisotopic (exact) mass is 321 g/mol. The molecule has 0 aromatic heterocycles. The average Bonchev–Trinajstić information content (AvgIpc) is 2.27. The summed E-state index contributed by atoms with van der Waals surface area (Å²) in [5.74, 6) is 0.0547. The highest BCUT2D eigenvalue weighted by molar-refractivity contribution is 9.09. The molecule has 1 amide bonds. The predicted molar refractivity (Wildman–Crippen MR) is 71.0 cm³/mol. The molecule has 6 heteroatoms. The SMILES string of the molecule is CC(C)(C)OC(=O)N1CCOCC1CC(=O)CBr. The van der Waals surface area contributed by atoms with Crippen molar-refractivity contribution in [3.05, 3.63) is 0 Å². The van der Waals surface area contributed by atoms with E-state index in [1.807, 2.05) is 20.8 Å². The van der Waals surface area contributed by atoms with Gasteiger partial charge < -0.3 is 14.4 Å². The van der Waals surface area contributed by atoms with Crippen molar-refractivity contribution >= 4 is 27.8 Å². The second-order valence-corrected chi connectivity index (χ2v) is 5.84. The molecule has 0 bridgehead atoms. The zero-order chi connectivity index (χ0) is 13.8. The number of hydrogen-bond donors (Lipinski definition) is 0. The Morgan fingerprint density at radius 3 is 2.67 bits per heavy atom. The minimum atomic E-state index is -0.528. The minimum Gasteiger partial charge on any atom is -0.444 e. The van der Waals surface area contributed by atoms with E-state index < -0.39 is 5.60 Å². The number of carbonyl (C=O) groups is 2. The molecule has 0 radical (unpaired) electrons. The number of carbonyl (C=O) groups excluding carboxylic acids is 2. The molecule has 5 nitrogen and oxygen atoms in total. The quantitative estimate of drug-likeness (QED) is 0.746. The summed E-state index contributed by atoms with van der Waals surface area (Å²) in [7, 11) is 0. The van der Waals surface area contributed by atoms with Crippen LogP contribution < -0.4 is 0 Å². The summed E-state index contributed by atoms with van der Waals surface area (Å²) in [5.41, 5.74) is -0.528. The average molecular weight is 322 g/mol.